The smallest absolute Gasteiger partial charge is 0.307 e. The molecule has 3 atom stereocenters. The highest BCUT2D eigenvalue weighted by Gasteiger charge is 2.37. The minimum atomic E-state index is -0.841. The van der Waals surface area contributed by atoms with E-state index in [0.717, 1.165) is 19.4 Å². The Labute approximate surface area is 101 Å². The molecule has 2 rings (SSSR count). The number of hydrogen-bond acceptors (Lipinski definition) is 3. The molecule has 1 saturated carbocycles. The Hall–Kier alpha value is -1.10. The molecule has 5 nitrogen and oxygen atoms in total. The summed E-state index contributed by atoms with van der Waals surface area (Å²) in [6.07, 6.45) is 3.14. The monoisotopic (exact) mass is 241 g/mol. The Balaban J connectivity index is 1.80. The lowest BCUT2D eigenvalue weighted by molar-refractivity contribution is -0.146. The van der Waals surface area contributed by atoms with Crippen LogP contribution in [-0.4, -0.2) is 36.7 Å². The maximum Gasteiger partial charge on any atom is 0.307 e. The molecule has 0 spiro atoms. The van der Waals surface area contributed by atoms with E-state index in [4.69, 9.17) is 9.84 Å². The summed E-state index contributed by atoms with van der Waals surface area (Å²) in [6.45, 7) is 2.08. The zero-order valence-electron chi connectivity index (χ0n) is 9.85. The Morgan fingerprint density at radius 2 is 2.00 bits per heavy atom. The average molecular weight is 241 g/mol. The molecule has 2 aliphatic rings. The van der Waals surface area contributed by atoms with Crippen LogP contribution in [0.2, 0.25) is 0 Å². The van der Waals surface area contributed by atoms with E-state index in [2.05, 4.69) is 5.32 Å². The second kappa shape index (κ2) is 5.49. The van der Waals surface area contributed by atoms with E-state index in [-0.39, 0.29) is 11.8 Å². The van der Waals surface area contributed by atoms with Crippen molar-refractivity contribution in [3.63, 3.8) is 0 Å². The van der Waals surface area contributed by atoms with Gasteiger partial charge in [-0.15, -0.1) is 0 Å². The number of nitrogens with one attached hydrogen (secondary N) is 1. The fourth-order valence-electron chi connectivity index (χ4n) is 2.69. The maximum absolute atomic E-state index is 11.9. The molecular formula is C12H19NO4. The number of amides is 1. The van der Waals surface area contributed by atoms with Crippen molar-refractivity contribution in [3.8, 4) is 0 Å². The van der Waals surface area contributed by atoms with Crippen LogP contribution in [0.1, 0.15) is 25.7 Å². The van der Waals surface area contributed by atoms with E-state index in [1.807, 2.05) is 0 Å². The molecule has 2 N–H and O–H groups in total. The number of carbonyl (C=O) groups excluding carboxylic acids is 1. The van der Waals surface area contributed by atoms with Gasteiger partial charge in [0.2, 0.25) is 5.91 Å². The Kier molecular flexibility index (Phi) is 3.99. The lowest BCUT2D eigenvalue weighted by Crippen LogP contribution is -2.37. The fraction of sp³-hybridized carbons (Fsp3) is 0.833. The second-order valence-corrected chi connectivity index (χ2v) is 4.96. The summed E-state index contributed by atoms with van der Waals surface area (Å²) >= 11 is 0. The third-order valence-electron chi connectivity index (χ3n) is 3.76. The van der Waals surface area contributed by atoms with Gasteiger partial charge >= 0.3 is 5.97 Å². The van der Waals surface area contributed by atoms with Crippen LogP contribution in [0.4, 0.5) is 0 Å². The molecule has 0 aromatic carbocycles. The van der Waals surface area contributed by atoms with Gasteiger partial charge < -0.3 is 15.2 Å². The molecule has 5 heteroatoms. The number of carboxylic acids is 1. The Bertz CT molecular complexity index is 299. The number of rotatable bonds is 4. The first-order chi connectivity index (χ1) is 8.18. The summed E-state index contributed by atoms with van der Waals surface area (Å²) in [6, 6.07) is 0. The number of carboxylic acid groups (broad SMARTS) is 1. The molecule has 96 valence electrons. The van der Waals surface area contributed by atoms with Crippen LogP contribution in [0.15, 0.2) is 0 Å². The Morgan fingerprint density at radius 1 is 1.24 bits per heavy atom. The van der Waals surface area contributed by atoms with Crippen LogP contribution in [0, 0.1) is 17.8 Å². The van der Waals surface area contributed by atoms with E-state index in [0.29, 0.717) is 31.9 Å². The normalized spacial score (nSPS) is 32.6. The van der Waals surface area contributed by atoms with Gasteiger partial charge in [-0.1, -0.05) is 6.42 Å². The van der Waals surface area contributed by atoms with Crippen molar-refractivity contribution >= 4 is 11.9 Å². The molecule has 1 aliphatic carbocycles. The summed E-state index contributed by atoms with van der Waals surface area (Å²) in [7, 11) is 0. The van der Waals surface area contributed by atoms with E-state index in [9.17, 15) is 9.59 Å². The topological polar surface area (TPSA) is 75.6 Å². The molecule has 17 heavy (non-hydrogen) atoms. The third-order valence-corrected chi connectivity index (χ3v) is 3.76. The lowest BCUT2D eigenvalue weighted by atomic mass is 9.95. The number of aliphatic carboxylic acids is 1. The molecule has 0 radical (unpaired) electrons. The fourth-order valence-corrected chi connectivity index (χ4v) is 2.69. The Morgan fingerprint density at radius 3 is 2.65 bits per heavy atom. The van der Waals surface area contributed by atoms with Gasteiger partial charge in [0.25, 0.3) is 0 Å². The van der Waals surface area contributed by atoms with Crippen LogP contribution in [0.25, 0.3) is 0 Å². The molecule has 0 bridgehead atoms. The molecule has 1 heterocycles. The first-order valence-electron chi connectivity index (χ1n) is 6.26. The third kappa shape index (κ3) is 2.97. The lowest BCUT2D eigenvalue weighted by Gasteiger charge is -2.17. The highest BCUT2D eigenvalue weighted by atomic mass is 16.5. The first-order valence-corrected chi connectivity index (χ1v) is 6.26. The van der Waals surface area contributed by atoms with Crippen molar-refractivity contribution in [3.05, 3.63) is 0 Å². The molecule has 0 aromatic heterocycles. The van der Waals surface area contributed by atoms with Crippen LogP contribution in [0.3, 0.4) is 0 Å². The summed E-state index contributed by atoms with van der Waals surface area (Å²) in [5, 5.41) is 11.9. The van der Waals surface area contributed by atoms with Gasteiger partial charge in [0.15, 0.2) is 0 Å². The molecule has 1 amide bonds. The molecular weight excluding hydrogens is 222 g/mol. The SMILES string of the molecule is O=C(O)[C@H]1CCC[C@H]1C(=O)NCC1CCOC1. The van der Waals surface area contributed by atoms with Gasteiger partial charge in [-0.05, 0) is 19.3 Å². The highest BCUT2D eigenvalue weighted by Crippen LogP contribution is 2.32. The summed E-state index contributed by atoms with van der Waals surface area (Å²) in [5.41, 5.74) is 0. The molecule has 1 saturated heterocycles. The van der Waals surface area contributed by atoms with Gasteiger partial charge in [0.1, 0.15) is 0 Å². The van der Waals surface area contributed by atoms with Crippen LogP contribution < -0.4 is 5.32 Å². The highest BCUT2D eigenvalue weighted by molar-refractivity contribution is 5.85. The van der Waals surface area contributed by atoms with Gasteiger partial charge in [0, 0.05) is 19.1 Å². The van der Waals surface area contributed by atoms with Crippen molar-refractivity contribution in [2.75, 3.05) is 19.8 Å². The number of carbonyl (C=O) groups is 2. The summed E-state index contributed by atoms with van der Waals surface area (Å²) in [5.74, 6) is -1.37. The van der Waals surface area contributed by atoms with Crippen LogP contribution in [0.5, 0.6) is 0 Å². The standard InChI is InChI=1S/C12H19NO4/c14-11(13-6-8-4-5-17-7-8)9-2-1-3-10(9)12(15)16/h8-10H,1-7H2,(H,13,14)(H,15,16)/t8?,9-,10+/m1/s1. The minimum absolute atomic E-state index is 0.0956. The van der Waals surface area contributed by atoms with Crippen molar-refractivity contribution in [1.29, 1.82) is 0 Å². The molecule has 2 fully saturated rings. The molecule has 0 aromatic rings. The van der Waals surface area contributed by atoms with E-state index >= 15 is 0 Å². The predicted molar refractivity (Wildman–Crippen MR) is 60.4 cm³/mol. The van der Waals surface area contributed by atoms with Crippen molar-refractivity contribution in [2.45, 2.75) is 25.7 Å². The van der Waals surface area contributed by atoms with Gasteiger partial charge in [-0.2, -0.15) is 0 Å². The van der Waals surface area contributed by atoms with Gasteiger partial charge in [-0.25, -0.2) is 0 Å². The zero-order chi connectivity index (χ0) is 12.3. The van der Waals surface area contributed by atoms with E-state index in [1.54, 1.807) is 0 Å². The van der Waals surface area contributed by atoms with Gasteiger partial charge in [-0.3, -0.25) is 9.59 Å². The summed E-state index contributed by atoms with van der Waals surface area (Å²) in [4.78, 5) is 22.9. The minimum Gasteiger partial charge on any atom is -0.481 e. The first kappa shape index (κ1) is 12.4. The average Bonchev–Trinajstić information content (AvgIpc) is 2.96. The largest absolute Gasteiger partial charge is 0.481 e. The van der Waals surface area contributed by atoms with Crippen molar-refractivity contribution < 1.29 is 19.4 Å². The number of hydrogen-bond donors (Lipinski definition) is 2. The summed E-state index contributed by atoms with van der Waals surface area (Å²) < 4.78 is 5.23. The quantitative estimate of drug-likeness (QED) is 0.757. The van der Waals surface area contributed by atoms with Crippen LogP contribution in [-0.2, 0) is 14.3 Å². The van der Waals surface area contributed by atoms with Crippen molar-refractivity contribution in [2.24, 2.45) is 17.8 Å². The van der Waals surface area contributed by atoms with Crippen molar-refractivity contribution in [1.82, 2.24) is 5.32 Å². The molecule has 1 aliphatic heterocycles. The zero-order valence-corrected chi connectivity index (χ0v) is 9.85. The van der Waals surface area contributed by atoms with Crippen LogP contribution >= 0.6 is 0 Å². The van der Waals surface area contributed by atoms with E-state index < -0.39 is 11.9 Å². The number of ether oxygens (including phenoxy) is 1. The van der Waals surface area contributed by atoms with E-state index in [1.165, 1.54) is 0 Å². The van der Waals surface area contributed by atoms with Gasteiger partial charge in [0.05, 0.1) is 18.4 Å². The predicted octanol–water partition coefficient (Wildman–Crippen LogP) is 0.640. The molecule has 1 unspecified atom stereocenters. The second-order valence-electron chi connectivity index (χ2n) is 4.96. The maximum atomic E-state index is 11.9.